The lowest BCUT2D eigenvalue weighted by molar-refractivity contribution is -0.132. The highest BCUT2D eigenvalue weighted by molar-refractivity contribution is 7.91. The molecule has 0 spiro atoms. The van der Waals surface area contributed by atoms with E-state index < -0.39 is 9.84 Å². The topological polar surface area (TPSA) is 67.6 Å². The van der Waals surface area contributed by atoms with Crippen molar-refractivity contribution in [2.75, 3.05) is 5.75 Å². The number of benzene rings is 1. The molecular formula is C19H19NO4S2. The Morgan fingerprint density at radius 2 is 1.85 bits per heavy atom. The maximum absolute atomic E-state index is 12.7. The fraction of sp³-hybridized carbons (Fsp3) is 0.211. The minimum Gasteiger partial charge on any atom is -0.472 e. The quantitative estimate of drug-likeness (QED) is 0.589. The van der Waals surface area contributed by atoms with Crippen molar-refractivity contribution in [3.8, 4) is 0 Å². The molecule has 7 heteroatoms. The number of sulfone groups is 1. The molecule has 136 valence electrons. The van der Waals surface area contributed by atoms with Crippen LogP contribution in [0.5, 0.6) is 0 Å². The van der Waals surface area contributed by atoms with Crippen LogP contribution in [0.4, 0.5) is 0 Å². The number of furan rings is 1. The van der Waals surface area contributed by atoms with Gasteiger partial charge in [-0.15, -0.1) is 11.3 Å². The molecule has 0 saturated heterocycles. The van der Waals surface area contributed by atoms with Crippen LogP contribution in [0.1, 0.15) is 16.9 Å². The zero-order valence-corrected chi connectivity index (χ0v) is 15.7. The second kappa shape index (κ2) is 8.33. The molecule has 3 aromatic rings. The molecule has 0 bridgehead atoms. The average molecular weight is 389 g/mol. The van der Waals surface area contributed by atoms with Gasteiger partial charge in [-0.25, -0.2) is 8.42 Å². The van der Waals surface area contributed by atoms with Crippen LogP contribution >= 0.6 is 11.3 Å². The lowest BCUT2D eigenvalue weighted by Crippen LogP contribution is -2.31. The summed E-state index contributed by atoms with van der Waals surface area (Å²) in [4.78, 5) is 15.7. The Bertz CT molecular complexity index is 881. The molecule has 0 atom stereocenters. The van der Waals surface area contributed by atoms with Crippen molar-refractivity contribution in [3.05, 3.63) is 76.9 Å². The van der Waals surface area contributed by atoms with E-state index in [4.69, 9.17) is 4.42 Å². The number of carbonyl (C=O) groups excluding carboxylic acids is 1. The van der Waals surface area contributed by atoms with Crippen molar-refractivity contribution in [1.82, 2.24) is 4.90 Å². The van der Waals surface area contributed by atoms with Crippen LogP contribution in [0.2, 0.25) is 0 Å². The van der Waals surface area contributed by atoms with Gasteiger partial charge in [-0.05, 0) is 29.6 Å². The van der Waals surface area contributed by atoms with E-state index in [1.807, 2.05) is 17.5 Å². The molecule has 0 aliphatic rings. The fourth-order valence-electron chi connectivity index (χ4n) is 2.55. The van der Waals surface area contributed by atoms with Gasteiger partial charge in [0.2, 0.25) is 5.91 Å². The minimum atomic E-state index is -3.48. The van der Waals surface area contributed by atoms with E-state index in [1.165, 1.54) is 0 Å². The molecule has 0 radical (unpaired) electrons. The molecule has 0 fully saturated rings. The van der Waals surface area contributed by atoms with Crippen molar-refractivity contribution in [3.63, 3.8) is 0 Å². The average Bonchev–Trinajstić information content (AvgIpc) is 3.34. The molecule has 1 amide bonds. The number of carbonyl (C=O) groups is 1. The summed E-state index contributed by atoms with van der Waals surface area (Å²) in [7, 11) is -3.48. The minimum absolute atomic E-state index is 0.0551. The molecule has 3 rings (SSSR count). The second-order valence-electron chi connectivity index (χ2n) is 5.84. The first-order valence-corrected chi connectivity index (χ1v) is 10.7. The Kier molecular flexibility index (Phi) is 5.90. The van der Waals surface area contributed by atoms with E-state index in [0.29, 0.717) is 13.1 Å². The number of rotatable bonds is 8. The Morgan fingerprint density at radius 3 is 2.50 bits per heavy atom. The van der Waals surface area contributed by atoms with Crippen LogP contribution in [-0.2, 0) is 27.7 Å². The van der Waals surface area contributed by atoms with E-state index in [2.05, 4.69) is 0 Å². The van der Waals surface area contributed by atoms with Crippen molar-refractivity contribution < 1.29 is 17.6 Å². The Balaban J connectivity index is 1.68. The van der Waals surface area contributed by atoms with E-state index >= 15 is 0 Å². The highest BCUT2D eigenvalue weighted by atomic mass is 32.2. The molecular weight excluding hydrogens is 370 g/mol. The molecule has 1 aromatic carbocycles. The molecule has 0 unspecified atom stereocenters. The molecule has 0 saturated carbocycles. The van der Waals surface area contributed by atoms with Crippen LogP contribution in [-0.4, -0.2) is 25.0 Å². The van der Waals surface area contributed by atoms with Crippen molar-refractivity contribution in [2.45, 2.75) is 24.4 Å². The van der Waals surface area contributed by atoms with Gasteiger partial charge in [0, 0.05) is 23.4 Å². The third kappa shape index (κ3) is 4.83. The molecule has 0 N–H and O–H groups in total. The van der Waals surface area contributed by atoms with E-state index in [0.717, 1.165) is 10.4 Å². The van der Waals surface area contributed by atoms with E-state index in [1.54, 1.807) is 65.2 Å². The zero-order valence-electron chi connectivity index (χ0n) is 14.1. The standard InChI is InChI=1S/C19H19NO4S2/c21-19(9-12-26(22,23)18-6-2-1-3-7-18)20(13-16-8-10-24-15-16)14-17-5-4-11-25-17/h1-8,10-11,15H,9,12-14H2. The van der Waals surface area contributed by atoms with E-state index in [-0.39, 0.29) is 23.0 Å². The van der Waals surface area contributed by atoms with E-state index in [9.17, 15) is 13.2 Å². The summed E-state index contributed by atoms with van der Waals surface area (Å²) in [5.41, 5.74) is 0.876. The molecule has 0 aliphatic carbocycles. The Hall–Kier alpha value is -2.38. The van der Waals surface area contributed by atoms with Gasteiger partial charge in [0.15, 0.2) is 9.84 Å². The van der Waals surface area contributed by atoms with Gasteiger partial charge in [0.1, 0.15) is 0 Å². The van der Waals surface area contributed by atoms with Gasteiger partial charge in [-0.1, -0.05) is 24.3 Å². The maximum atomic E-state index is 12.7. The first-order valence-electron chi connectivity index (χ1n) is 8.13. The summed E-state index contributed by atoms with van der Waals surface area (Å²) in [5.74, 6) is -0.401. The van der Waals surface area contributed by atoms with Gasteiger partial charge >= 0.3 is 0 Å². The number of amides is 1. The normalized spacial score (nSPS) is 11.4. The molecule has 5 nitrogen and oxygen atoms in total. The van der Waals surface area contributed by atoms with Gasteiger partial charge in [0.25, 0.3) is 0 Å². The monoisotopic (exact) mass is 389 g/mol. The van der Waals surface area contributed by atoms with Crippen LogP contribution in [0.15, 0.2) is 75.7 Å². The van der Waals surface area contributed by atoms with Crippen molar-refractivity contribution in [2.24, 2.45) is 0 Å². The summed E-state index contributed by atoms with van der Waals surface area (Å²) in [6, 6.07) is 13.9. The second-order valence-corrected chi connectivity index (χ2v) is 8.98. The summed E-state index contributed by atoms with van der Waals surface area (Å²) in [5, 5.41) is 1.95. The van der Waals surface area contributed by atoms with Crippen LogP contribution in [0, 0.1) is 0 Å². The third-order valence-electron chi connectivity index (χ3n) is 3.92. The van der Waals surface area contributed by atoms with Crippen LogP contribution in [0.25, 0.3) is 0 Å². The number of nitrogens with zero attached hydrogens (tertiary/aromatic N) is 1. The van der Waals surface area contributed by atoms with Crippen LogP contribution < -0.4 is 0 Å². The smallest absolute Gasteiger partial charge is 0.224 e. The largest absolute Gasteiger partial charge is 0.472 e. The first-order chi connectivity index (χ1) is 12.5. The highest BCUT2D eigenvalue weighted by Gasteiger charge is 2.20. The summed E-state index contributed by atoms with van der Waals surface area (Å²) < 4.78 is 29.9. The summed E-state index contributed by atoms with van der Waals surface area (Å²) >= 11 is 1.57. The number of hydrogen-bond acceptors (Lipinski definition) is 5. The van der Waals surface area contributed by atoms with Gasteiger partial charge < -0.3 is 9.32 Å². The lowest BCUT2D eigenvalue weighted by Gasteiger charge is -2.21. The summed E-state index contributed by atoms with van der Waals surface area (Å²) in [6.07, 6.45) is 3.10. The van der Waals surface area contributed by atoms with Crippen molar-refractivity contribution >= 4 is 27.1 Å². The van der Waals surface area contributed by atoms with Gasteiger partial charge in [0.05, 0.1) is 29.7 Å². The zero-order chi connectivity index (χ0) is 18.4. The SMILES string of the molecule is O=C(CCS(=O)(=O)c1ccccc1)N(Cc1ccoc1)Cc1cccs1. The van der Waals surface area contributed by atoms with Crippen molar-refractivity contribution in [1.29, 1.82) is 0 Å². The number of hydrogen-bond donors (Lipinski definition) is 0. The van der Waals surface area contributed by atoms with Gasteiger partial charge in [-0.2, -0.15) is 0 Å². The number of thiophene rings is 1. The third-order valence-corrected chi connectivity index (χ3v) is 6.51. The molecule has 26 heavy (non-hydrogen) atoms. The summed E-state index contributed by atoms with van der Waals surface area (Å²) in [6.45, 7) is 0.839. The Morgan fingerprint density at radius 1 is 1.04 bits per heavy atom. The first kappa shape index (κ1) is 18.4. The maximum Gasteiger partial charge on any atom is 0.224 e. The van der Waals surface area contributed by atoms with Gasteiger partial charge in [-0.3, -0.25) is 4.79 Å². The highest BCUT2D eigenvalue weighted by Crippen LogP contribution is 2.17. The Labute approximate surface area is 156 Å². The fourth-order valence-corrected chi connectivity index (χ4v) is 4.52. The molecule has 2 aromatic heterocycles. The predicted molar refractivity (Wildman–Crippen MR) is 100 cm³/mol. The lowest BCUT2D eigenvalue weighted by atomic mass is 10.2. The predicted octanol–water partition coefficient (Wildman–Crippen LogP) is 3.73. The molecule has 2 heterocycles. The van der Waals surface area contributed by atoms with Crippen LogP contribution in [0.3, 0.4) is 0 Å². The molecule has 0 aliphatic heterocycles.